The number of unbranched alkanes of at least 4 members (excludes halogenated alkanes) is 44. The molecule has 0 radical (unpaired) electrons. The second kappa shape index (κ2) is 60.6. The molecule has 1 saturated heterocycles. The number of hydrogen-bond acceptors (Lipinski definition) is 10. The molecule has 82 heavy (non-hydrogen) atoms. The first-order valence-electron chi connectivity index (χ1n) is 35.3. The Kier molecular flexibility index (Phi) is 57.5. The summed E-state index contributed by atoms with van der Waals surface area (Å²) in [5.41, 5.74) is 0. The highest BCUT2D eigenvalue weighted by atomic mass is 16.7. The molecule has 6 N–H and O–H groups in total. The van der Waals surface area contributed by atoms with Gasteiger partial charge >= 0.3 is 5.97 Å². The minimum atomic E-state index is -1.58. The highest BCUT2D eigenvalue weighted by Crippen LogP contribution is 2.23. The van der Waals surface area contributed by atoms with E-state index in [2.05, 4.69) is 43.5 Å². The Morgan fingerprint density at radius 2 is 0.793 bits per heavy atom. The number of rotatable bonds is 62. The van der Waals surface area contributed by atoms with Gasteiger partial charge in [0.05, 0.1) is 32.0 Å². The van der Waals surface area contributed by atoms with Gasteiger partial charge in [-0.05, 0) is 70.6 Å². The van der Waals surface area contributed by atoms with Crippen molar-refractivity contribution >= 4 is 11.9 Å². The standard InChI is InChI=1S/C71H133NO10/c1-3-5-7-9-11-13-15-16-34-38-41-45-49-53-57-64(74)63(62-81-71-70(79)69(78)68(77)65(61-73)82-71)72-66(75)58-54-50-46-42-39-35-32-30-28-26-24-22-20-18-17-19-21-23-25-27-29-31-33-36-40-44-48-52-56-60-80-67(76)59-55-51-47-43-37-14-12-10-8-6-4-2/h17,19,38,41,53,57,63-65,68-71,73-74,77-79H,3-16,18,20-37,39-40,42-52,54-56,58-62H2,1-2H3,(H,72,75)/b19-17-,41-38+,57-53+. The van der Waals surface area contributed by atoms with Crippen molar-refractivity contribution in [2.75, 3.05) is 19.8 Å². The van der Waals surface area contributed by atoms with Gasteiger partial charge in [-0.3, -0.25) is 9.59 Å². The average molecular weight is 1160 g/mol. The van der Waals surface area contributed by atoms with E-state index < -0.39 is 49.5 Å². The lowest BCUT2D eigenvalue weighted by atomic mass is 9.99. The topological polar surface area (TPSA) is 175 Å². The average Bonchev–Trinajstić information content (AvgIpc) is 3.68. The van der Waals surface area contributed by atoms with Crippen molar-refractivity contribution in [3.8, 4) is 0 Å². The third kappa shape index (κ3) is 49.0. The van der Waals surface area contributed by atoms with Crippen LogP contribution in [0.1, 0.15) is 341 Å². The number of hydrogen-bond donors (Lipinski definition) is 6. The molecule has 0 aromatic rings. The largest absolute Gasteiger partial charge is 0.466 e. The lowest BCUT2D eigenvalue weighted by molar-refractivity contribution is -0.302. The first-order valence-corrected chi connectivity index (χ1v) is 35.3. The summed E-state index contributed by atoms with van der Waals surface area (Å²) in [4.78, 5) is 25.1. The van der Waals surface area contributed by atoms with E-state index in [0.717, 1.165) is 57.8 Å². The zero-order valence-corrected chi connectivity index (χ0v) is 53.5. The molecule has 7 unspecified atom stereocenters. The van der Waals surface area contributed by atoms with Crippen molar-refractivity contribution in [3.05, 3.63) is 36.5 Å². The summed E-state index contributed by atoms with van der Waals surface area (Å²) in [6.45, 7) is 4.35. The first kappa shape index (κ1) is 77.9. The quantitative estimate of drug-likeness (QED) is 0.0195. The van der Waals surface area contributed by atoms with Gasteiger partial charge in [0.2, 0.25) is 5.91 Å². The molecule has 11 nitrogen and oxygen atoms in total. The highest BCUT2D eigenvalue weighted by molar-refractivity contribution is 5.76. The zero-order chi connectivity index (χ0) is 59.5. The van der Waals surface area contributed by atoms with E-state index in [1.165, 1.54) is 257 Å². The van der Waals surface area contributed by atoms with Crippen molar-refractivity contribution in [1.82, 2.24) is 5.32 Å². The van der Waals surface area contributed by atoms with Gasteiger partial charge in [-0.2, -0.15) is 0 Å². The predicted octanol–water partition coefficient (Wildman–Crippen LogP) is 17.8. The molecule has 1 rings (SSSR count). The van der Waals surface area contributed by atoms with Crippen LogP contribution in [0.3, 0.4) is 0 Å². The molecule has 0 spiro atoms. The fraction of sp³-hybridized carbons (Fsp3) is 0.887. The van der Waals surface area contributed by atoms with Gasteiger partial charge in [-0.1, -0.05) is 294 Å². The van der Waals surface area contributed by atoms with Crippen molar-refractivity contribution < 1.29 is 49.3 Å². The number of carbonyl (C=O) groups excluding carboxylic acids is 2. The molecule has 0 aromatic carbocycles. The molecular weight excluding hydrogens is 1030 g/mol. The normalized spacial score (nSPS) is 18.4. The van der Waals surface area contributed by atoms with Gasteiger partial charge in [0.1, 0.15) is 24.4 Å². The number of carbonyl (C=O) groups is 2. The Morgan fingerprint density at radius 3 is 1.21 bits per heavy atom. The molecule has 1 amide bonds. The summed E-state index contributed by atoms with van der Waals surface area (Å²) in [5.74, 6) is -0.182. The molecule has 11 heteroatoms. The maximum Gasteiger partial charge on any atom is 0.305 e. The Bertz CT molecular complexity index is 1460. The van der Waals surface area contributed by atoms with Gasteiger partial charge in [-0.25, -0.2) is 0 Å². The van der Waals surface area contributed by atoms with Crippen molar-refractivity contribution in [3.63, 3.8) is 0 Å². The second-order valence-electron chi connectivity index (χ2n) is 24.6. The summed E-state index contributed by atoms with van der Waals surface area (Å²) in [7, 11) is 0. The molecule has 0 aliphatic carbocycles. The summed E-state index contributed by atoms with van der Waals surface area (Å²) in [6.07, 6.45) is 67.0. The molecule has 482 valence electrons. The molecule has 1 heterocycles. The Morgan fingerprint density at radius 1 is 0.439 bits per heavy atom. The summed E-state index contributed by atoms with van der Waals surface area (Å²) >= 11 is 0. The van der Waals surface area contributed by atoms with Crippen LogP contribution in [0, 0.1) is 0 Å². The van der Waals surface area contributed by atoms with Crippen LogP contribution in [0.4, 0.5) is 0 Å². The summed E-state index contributed by atoms with van der Waals surface area (Å²) in [5, 5.41) is 54.5. The van der Waals surface area contributed by atoms with Gasteiger partial charge in [0, 0.05) is 12.8 Å². The van der Waals surface area contributed by atoms with Crippen LogP contribution in [-0.4, -0.2) is 100 Å². The second-order valence-corrected chi connectivity index (χ2v) is 24.6. The SMILES string of the molecule is CCCCCCCCCC/C=C/CC/C=C/C(O)C(COC1OC(CO)C(O)C(O)C1O)NC(=O)CCCCCCCCCCCCCCC/C=C\CCCCCCCCCCCCCCOC(=O)CCCCCCCCCCCCC. The summed E-state index contributed by atoms with van der Waals surface area (Å²) in [6, 6.07) is -0.827. The summed E-state index contributed by atoms with van der Waals surface area (Å²) < 4.78 is 16.7. The van der Waals surface area contributed by atoms with Gasteiger partial charge in [0.25, 0.3) is 0 Å². The number of ether oxygens (including phenoxy) is 3. The van der Waals surface area contributed by atoms with Crippen LogP contribution in [0.25, 0.3) is 0 Å². The van der Waals surface area contributed by atoms with Crippen molar-refractivity contribution in [2.45, 2.75) is 384 Å². The minimum Gasteiger partial charge on any atom is -0.466 e. The molecule has 1 fully saturated rings. The van der Waals surface area contributed by atoms with Crippen LogP contribution in [-0.2, 0) is 23.8 Å². The predicted molar refractivity (Wildman–Crippen MR) is 343 cm³/mol. The van der Waals surface area contributed by atoms with Crippen LogP contribution in [0.15, 0.2) is 36.5 Å². The van der Waals surface area contributed by atoms with E-state index in [-0.39, 0.29) is 18.5 Å². The maximum absolute atomic E-state index is 13.1. The molecule has 0 saturated carbocycles. The van der Waals surface area contributed by atoms with Crippen LogP contribution >= 0.6 is 0 Å². The van der Waals surface area contributed by atoms with E-state index in [4.69, 9.17) is 14.2 Å². The third-order valence-corrected chi connectivity index (χ3v) is 16.7. The van der Waals surface area contributed by atoms with Crippen LogP contribution in [0.5, 0.6) is 0 Å². The van der Waals surface area contributed by atoms with E-state index in [1.54, 1.807) is 6.08 Å². The molecule has 7 atom stereocenters. The number of aliphatic hydroxyl groups is 5. The lowest BCUT2D eigenvalue weighted by Gasteiger charge is -2.40. The molecule has 1 aliphatic rings. The van der Waals surface area contributed by atoms with Crippen molar-refractivity contribution in [1.29, 1.82) is 0 Å². The van der Waals surface area contributed by atoms with Crippen LogP contribution < -0.4 is 5.32 Å². The fourth-order valence-electron chi connectivity index (χ4n) is 11.2. The molecule has 1 aliphatic heterocycles. The van der Waals surface area contributed by atoms with Gasteiger partial charge in [-0.15, -0.1) is 0 Å². The Hall–Kier alpha value is -2.12. The third-order valence-electron chi connectivity index (χ3n) is 16.7. The van der Waals surface area contributed by atoms with Crippen molar-refractivity contribution in [2.24, 2.45) is 0 Å². The molecule has 0 aromatic heterocycles. The van der Waals surface area contributed by atoms with Crippen LogP contribution in [0.2, 0.25) is 0 Å². The zero-order valence-electron chi connectivity index (χ0n) is 53.5. The molecule has 0 bridgehead atoms. The first-order chi connectivity index (χ1) is 40.2. The Labute approximate surface area is 504 Å². The lowest BCUT2D eigenvalue weighted by Crippen LogP contribution is -2.60. The number of allylic oxidation sites excluding steroid dienone is 5. The van der Waals surface area contributed by atoms with E-state index in [1.807, 2.05) is 6.08 Å². The number of esters is 1. The van der Waals surface area contributed by atoms with E-state index in [9.17, 15) is 35.1 Å². The van der Waals surface area contributed by atoms with Gasteiger partial charge in [0.15, 0.2) is 6.29 Å². The fourth-order valence-corrected chi connectivity index (χ4v) is 11.2. The van der Waals surface area contributed by atoms with E-state index >= 15 is 0 Å². The Balaban J connectivity index is 2.00. The number of amides is 1. The molecular formula is C71H133NO10. The smallest absolute Gasteiger partial charge is 0.305 e. The van der Waals surface area contributed by atoms with Gasteiger partial charge < -0.3 is 45.1 Å². The minimum absolute atomic E-state index is 0.00750. The number of nitrogens with one attached hydrogen (secondary N) is 1. The van der Waals surface area contributed by atoms with E-state index in [0.29, 0.717) is 19.4 Å². The highest BCUT2D eigenvalue weighted by Gasteiger charge is 2.44. The maximum atomic E-state index is 13.1. The number of aliphatic hydroxyl groups excluding tert-OH is 5. The monoisotopic (exact) mass is 1160 g/mol.